The van der Waals surface area contributed by atoms with E-state index in [1.54, 1.807) is 9.58 Å². The number of anilines is 1. The Bertz CT molecular complexity index is 1350. The van der Waals surface area contributed by atoms with Crippen LogP contribution in [0.15, 0.2) is 72.8 Å². The van der Waals surface area contributed by atoms with Gasteiger partial charge in [-0.2, -0.15) is 0 Å². The number of carbonyl (C=O) groups is 2. The molecule has 4 aromatic rings. The van der Waals surface area contributed by atoms with Crippen LogP contribution in [0.1, 0.15) is 43.0 Å². The number of fused-ring (bicyclic) bond motifs is 1. The van der Waals surface area contributed by atoms with Crippen LogP contribution in [0, 0.1) is 19.8 Å². The van der Waals surface area contributed by atoms with Gasteiger partial charge in [-0.3, -0.25) is 14.5 Å². The molecule has 0 spiro atoms. The van der Waals surface area contributed by atoms with E-state index in [0.717, 1.165) is 34.1 Å². The van der Waals surface area contributed by atoms with E-state index in [4.69, 9.17) is 0 Å². The second kappa shape index (κ2) is 11.2. The maximum absolute atomic E-state index is 14.1. The molecule has 0 radical (unpaired) electrons. The SMILES string of the molecule is Cc1ccc(C)c(N(C(=O)Cn2nnc3ccccc32)[C@H](C(=O)NCCC(C)C)c2ccccc2)c1. The second-order valence-corrected chi connectivity index (χ2v) is 9.58. The summed E-state index contributed by atoms with van der Waals surface area (Å²) in [5.41, 5.74) is 4.86. The first-order chi connectivity index (χ1) is 17.3. The van der Waals surface area contributed by atoms with Crippen molar-refractivity contribution in [2.75, 3.05) is 11.4 Å². The predicted octanol–water partition coefficient (Wildman–Crippen LogP) is 4.98. The number of amides is 2. The highest BCUT2D eigenvalue weighted by Crippen LogP contribution is 2.32. The van der Waals surface area contributed by atoms with Gasteiger partial charge in [-0.25, -0.2) is 4.68 Å². The molecule has 0 unspecified atom stereocenters. The molecule has 1 N–H and O–H groups in total. The second-order valence-electron chi connectivity index (χ2n) is 9.58. The molecule has 0 aliphatic rings. The molecule has 2 amide bonds. The first-order valence-electron chi connectivity index (χ1n) is 12.4. The summed E-state index contributed by atoms with van der Waals surface area (Å²) in [6.45, 7) is 8.68. The van der Waals surface area contributed by atoms with E-state index >= 15 is 0 Å². The lowest BCUT2D eigenvalue weighted by molar-refractivity contribution is -0.127. The number of hydrogen-bond acceptors (Lipinski definition) is 4. The van der Waals surface area contributed by atoms with Gasteiger partial charge < -0.3 is 5.32 Å². The van der Waals surface area contributed by atoms with Gasteiger partial charge in [0, 0.05) is 12.2 Å². The Morgan fingerprint density at radius 2 is 1.69 bits per heavy atom. The fourth-order valence-corrected chi connectivity index (χ4v) is 4.27. The molecule has 4 rings (SSSR count). The summed E-state index contributed by atoms with van der Waals surface area (Å²) >= 11 is 0. The lowest BCUT2D eigenvalue weighted by atomic mass is 10.0. The Labute approximate surface area is 212 Å². The molecule has 36 heavy (non-hydrogen) atoms. The van der Waals surface area contributed by atoms with Crippen LogP contribution in [-0.4, -0.2) is 33.4 Å². The largest absolute Gasteiger partial charge is 0.354 e. The number of para-hydroxylation sites is 1. The first kappa shape index (κ1) is 25.1. The number of carbonyl (C=O) groups excluding carboxylic acids is 2. The molecule has 0 aliphatic carbocycles. The zero-order valence-electron chi connectivity index (χ0n) is 21.3. The van der Waals surface area contributed by atoms with E-state index in [2.05, 4.69) is 29.5 Å². The third-order valence-corrected chi connectivity index (χ3v) is 6.24. The first-order valence-corrected chi connectivity index (χ1v) is 12.4. The Balaban J connectivity index is 1.78. The fraction of sp³-hybridized carbons (Fsp3) is 0.310. The van der Waals surface area contributed by atoms with Crippen LogP contribution >= 0.6 is 0 Å². The van der Waals surface area contributed by atoms with Crippen molar-refractivity contribution in [2.45, 2.75) is 46.7 Å². The summed E-state index contributed by atoms with van der Waals surface area (Å²) in [4.78, 5) is 29.4. The van der Waals surface area contributed by atoms with Gasteiger partial charge in [0.2, 0.25) is 11.8 Å². The molecule has 0 saturated carbocycles. The Morgan fingerprint density at radius 1 is 0.972 bits per heavy atom. The minimum Gasteiger partial charge on any atom is -0.354 e. The van der Waals surface area contributed by atoms with Crippen molar-refractivity contribution in [2.24, 2.45) is 5.92 Å². The molecule has 1 aromatic heterocycles. The standard InChI is InChI=1S/C29H33N5O2/c1-20(2)16-17-30-29(36)28(23-10-6-5-7-11-23)34(26-18-21(3)14-15-22(26)4)27(35)19-33-25-13-9-8-12-24(25)31-32-33/h5-15,18,20,28H,16-17,19H2,1-4H3,(H,30,36)/t28-/m0/s1. The average molecular weight is 484 g/mol. The summed E-state index contributed by atoms with van der Waals surface area (Å²) in [6.07, 6.45) is 0.857. The van der Waals surface area contributed by atoms with Crippen molar-refractivity contribution in [3.8, 4) is 0 Å². The lowest BCUT2D eigenvalue weighted by Gasteiger charge is -2.33. The average Bonchev–Trinajstić information content (AvgIpc) is 3.27. The van der Waals surface area contributed by atoms with E-state index < -0.39 is 6.04 Å². The van der Waals surface area contributed by atoms with Crippen molar-refractivity contribution in [3.05, 3.63) is 89.5 Å². The molecule has 186 valence electrons. The number of aryl methyl sites for hydroxylation is 2. The van der Waals surface area contributed by atoms with Gasteiger partial charge in [0.1, 0.15) is 18.1 Å². The highest BCUT2D eigenvalue weighted by Gasteiger charge is 2.34. The van der Waals surface area contributed by atoms with Crippen molar-refractivity contribution < 1.29 is 9.59 Å². The molecule has 1 atom stereocenters. The number of nitrogens with zero attached hydrogens (tertiary/aromatic N) is 4. The summed E-state index contributed by atoms with van der Waals surface area (Å²) in [7, 11) is 0. The van der Waals surface area contributed by atoms with Crippen LogP contribution in [0.5, 0.6) is 0 Å². The van der Waals surface area contributed by atoms with Crippen LogP contribution in [0.4, 0.5) is 5.69 Å². The van der Waals surface area contributed by atoms with E-state index in [1.165, 1.54) is 0 Å². The van der Waals surface area contributed by atoms with E-state index in [-0.39, 0.29) is 18.4 Å². The molecule has 3 aromatic carbocycles. The molecule has 0 fully saturated rings. The zero-order chi connectivity index (χ0) is 25.7. The van der Waals surface area contributed by atoms with E-state index in [9.17, 15) is 9.59 Å². The third-order valence-electron chi connectivity index (χ3n) is 6.24. The van der Waals surface area contributed by atoms with Crippen LogP contribution in [0.25, 0.3) is 11.0 Å². The maximum Gasteiger partial charge on any atom is 0.249 e. The minimum atomic E-state index is -0.832. The Hall–Kier alpha value is -4.00. The summed E-state index contributed by atoms with van der Waals surface area (Å²) in [5.74, 6) is 0.00425. The summed E-state index contributed by atoms with van der Waals surface area (Å²) < 4.78 is 1.59. The van der Waals surface area contributed by atoms with Crippen LogP contribution < -0.4 is 10.2 Å². The monoisotopic (exact) mass is 483 g/mol. The van der Waals surface area contributed by atoms with Crippen molar-refractivity contribution >= 4 is 28.5 Å². The number of rotatable bonds is 9. The molecule has 1 heterocycles. The molecule has 7 heteroatoms. The molecule has 7 nitrogen and oxygen atoms in total. The lowest BCUT2D eigenvalue weighted by Crippen LogP contribution is -2.46. The van der Waals surface area contributed by atoms with Crippen molar-refractivity contribution in [1.82, 2.24) is 20.3 Å². The number of nitrogens with one attached hydrogen (secondary N) is 1. The quantitative estimate of drug-likeness (QED) is 0.364. The predicted molar refractivity (Wildman–Crippen MR) is 143 cm³/mol. The molecular formula is C29H33N5O2. The highest BCUT2D eigenvalue weighted by molar-refractivity contribution is 6.02. The Morgan fingerprint density at radius 3 is 2.44 bits per heavy atom. The van der Waals surface area contributed by atoms with Gasteiger partial charge in [0.25, 0.3) is 0 Å². The fourth-order valence-electron chi connectivity index (χ4n) is 4.27. The zero-order valence-corrected chi connectivity index (χ0v) is 21.3. The van der Waals surface area contributed by atoms with E-state index in [0.29, 0.717) is 18.2 Å². The summed E-state index contributed by atoms with van der Waals surface area (Å²) in [6, 6.07) is 22.1. The van der Waals surface area contributed by atoms with Crippen molar-refractivity contribution in [3.63, 3.8) is 0 Å². The van der Waals surface area contributed by atoms with Gasteiger partial charge in [-0.15, -0.1) is 5.10 Å². The van der Waals surface area contributed by atoms with E-state index in [1.807, 2.05) is 86.6 Å². The van der Waals surface area contributed by atoms with Crippen molar-refractivity contribution in [1.29, 1.82) is 0 Å². The molecule has 0 bridgehead atoms. The topological polar surface area (TPSA) is 80.1 Å². The van der Waals surface area contributed by atoms with Crippen LogP contribution in [0.3, 0.4) is 0 Å². The number of aromatic nitrogens is 3. The van der Waals surface area contributed by atoms with Gasteiger partial charge in [-0.1, -0.05) is 73.7 Å². The van der Waals surface area contributed by atoms with Gasteiger partial charge >= 0.3 is 0 Å². The minimum absolute atomic E-state index is 0.0451. The number of benzene rings is 3. The molecular weight excluding hydrogens is 450 g/mol. The third kappa shape index (κ3) is 5.62. The van der Waals surface area contributed by atoms with Gasteiger partial charge in [0.15, 0.2) is 0 Å². The van der Waals surface area contributed by atoms with Crippen LogP contribution in [0.2, 0.25) is 0 Å². The maximum atomic E-state index is 14.1. The Kier molecular flexibility index (Phi) is 7.78. The van der Waals surface area contributed by atoms with Gasteiger partial charge in [-0.05, 0) is 61.1 Å². The molecule has 0 aliphatic heterocycles. The highest BCUT2D eigenvalue weighted by atomic mass is 16.2. The normalized spacial score (nSPS) is 12.0. The van der Waals surface area contributed by atoms with Crippen LogP contribution in [-0.2, 0) is 16.1 Å². The smallest absolute Gasteiger partial charge is 0.249 e. The van der Waals surface area contributed by atoms with Gasteiger partial charge in [0.05, 0.1) is 5.52 Å². The molecule has 0 saturated heterocycles. The number of hydrogen-bond donors (Lipinski definition) is 1. The summed E-state index contributed by atoms with van der Waals surface area (Å²) in [5, 5.41) is 11.5.